The number of amides is 1. The van der Waals surface area contributed by atoms with Crippen LogP contribution in [0.5, 0.6) is 0 Å². The Bertz CT molecular complexity index is 284. The van der Waals surface area contributed by atoms with Gasteiger partial charge in [-0.05, 0) is 6.42 Å². The van der Waals surface area contributed by atoms with Crippen molar-refractivity contribution >= 4 is 30.5 Å². The standard InChI is InChI=1S/C8H14N2O5S/c9-4(1-2-6(11)12)7(13)10-5(3-16)8(14)15/h4-5,16H,1-3,9H2,(H,10,13)(H,11,12)(H,14,15)/t4-,5-/m0/s1. The zero-order valence-corrected chi connectivity index (χ0v) is 9.31. The third-order valence-corrected chi connectivity index (χ3v) is 2.17. The van der Waals surface area contributed by atoms with Gasteiger partial charge in [-0.3, -0.25) is 9.59 Å². The minimum absolute atomic E-state index is 0.0416. The summed E-state index contributed by atoms with van der Waals surface area (Å²) < 4.78 is 0. The number of carbonyl (C=O) groups excluding carboxylic acids is 1. The number of aliphatic carboxylic acids is 2. The summed E-state index contributed by atoms with van der Waals surface area (Å²) in [7, 11) is 0. The van der Waals surface area contributed by atoms with Crippen LogP contribution in [0.3, 0.4) is 0 Å². The number of carboxylic acid groups (broad SMARTS) is 2. The molecule has 16 heavy (non-hydrogen) atoms. The van der Waals surface area contributed by atoms with E-state index in [4.69, 9.17) is 15.9 Å². The molecular weight excluding hydrogens is 236 g/mol. The van der Waals surface area contributed by atoms with Crippen molar-refractivity contribution in [2.75, 3.05) is 5.75 Å². The molecular formula is C8H14N2O5S. The molecule has 0 aliphatic rings. The van der Waals surface area contributed by atoms with Crippen LogP contribution in [-0.2, 0) is 14.4 Å². The van der Waals surface area contributed by atoms with Crippen LogP contribution in [0, 0.1) is 0 Å². The maximum absolute atomic E-state index is 11.3. The summed E-state index contributed by atoms with van der Waals surface area (Å²) in [5.41, 5.74) is 5.38. The predicted octanol–water partition coefficient (Wildman–Crippen LogP) is -1.32. The Kier molecular flexibility index (Phi) is 6.50. The molecule has 0 fully saturated rings. The molecule has 92 valence electrons. The number of carbonyl (C=O) groups is 3. The average Bonchev–Trinajstić information content (AvgIpc) is 2.21. The first-order valence-electron chi connectivity index (χ1n) is 4.50. The van der Waals surface area contributed by atoms with Gasteiger partial charge in [0, 0.05) is 12.2 Å². The van der Waals surface area contributed by atoms with Crippen molar-refractivity contribution in [1.82, 2.24) is 5.32 Å². The van der Waals surface area contributed by atoms with E-state index >= 15 is 0 Å². The summed E-state index contributed by atoms with van der Waals surface area (Å²) in [6.45, 7) is 0. The van der Waals surface area contributed by atoms with Crippen LogP contribution < -0.4 is 11.1 Å². The molecule has 5 N–H and O–H groups in total. The largest absolute Gasteiger partial charge is 0.481 e. The Balaban J connectivity index is 4.13. The fraction of sp³-hybridized carbons (Fsp3) is 0.625. The van der Waals surface area contributed by atoms with E-state index in [-0.39, 0.29) is 18.6 Å². The highest BCUT2D eigenvalue weighted by molar-refractivity contribution is 7.80. The van der Waals surface area contributed by atoms with Crippen LogP contribution in [0.25, 0.3) is 0 Å². The van der Waals surface area contributed by atoms with Crippen LogP contribution >= 0.6 is 12.6 Å². The van der Waals surface area contributed by atoms with E-state index in [9.17, 15) is 14.4 Å². The van der Waals surface area contributed by atoms with Gasteiger partial charge in [0.15, 0.2) is 0 Å². The van der Waals surface area contributed by atoms with Crippen molar-refractivity contribution in [2.24, 2.45) is 5.73 Å². The molecule has 0 aromatic carbocycles. The second-order valence-corrected chi connectivity index (χ2v) is 3.49. The van der Waals surface area contributed by atoms with E-state index < -0.39 is 29.9 Å². The monoisotopic (exact) mass is 250 g/mol. The normalized spacial score (nSPS) is 13.9. The Labute approximate surface area is 97.4 Å². The molecule has 0 bridgehead atoms. The first-order chi connectivity index (χ1) is 7.38. The smallest absolute Gasteiger partial charge is 0.327 e. The lowest BCUT2D eigenvalue weighted by atomic mass is 10.1. The van der Waals surface area contributed by atoms with Gasteiger partial charge in [0.1, 0.15) is 6.04 Å². The molecule has 0 spiro atoms. The van der Waals surface area contributed by atoms with Gasteiger partial charge in [0.2, 0.25) is 5.91 Å². The second-order valence-electron chi connectivity index (χ2n) is 3.12. The van der Waals surface area contributed by atoms with Gasteiger partial charge < -0.3 is 21.3 Å². The number of hydrogen-bond acceptors (Lipinski definition) is 5. The van der Waals surface area contributed by atoms with Crippen LogP contribution in [-0.4, -0.2) is 45.9 Å². The van der Waals surface area contributed by atoms with E-state index in [2.05, 4.69) is 17.9 Å². The maximum Gasteiger partial charge on any atom is 0.327 e. The first kappa shape index (κ1) is 14.7. The summed E-state index contributed by atoms with van der Waals surface area (Å²) in [4.78, 5) is 32.1. The third-order valence-electron chi connectivity index (χ3n) is 1.80. The van der Waals surface area contributed by atoms with Crippen molar-refractivity contribution < 1.29 is 24.6 Å². The average molecular weight is 250 g/mol. The SMILES string of the molecule is N[C@@H](CCC(=O)O)C(=O)N[C@@H](CS)C(=O)O. The fourth-order valence-corrected chi connectivity index (χ4v) is 1.12. The maximum atomic E-state index is 11.3. The number of nitrogens with one attached hydrogen (secondary N) is 1. The quantitative estimate of drug-likeness (QED) is 0.356. The highest BCUT2D eigenvalue weighted by Gasteiger charge is 2.22. The highest BCUT2D eigenvalue weighted by Crippen LogP contribution is 1.96. The Morgan fingerprint density at radius 1 is 1.31 bits per heavy atom. The molecule has 0 aromatic heterocycles. The van der Waals surface area contributed by atoms with Gasteiger partial charge in [0.25, 0.3) is 0 Å². The van der Waals surface area contributed by atoms with Crippen molar-refractivity contribution in [3.63, 3.8) is 0 Å². The van der Waals surface area contributed by atoms with E-state index in [1.54, 1.807) is 0 Å². The van der Waals surface area contributed by atoms with E-state index in [0.717, 1.165) is 0 Å². The molecule has 7 nitrogen and oxygen atoms in total. The molecule has 0 saturated carbocycles. The van der Waals surface area contributed by atoms with Crippen LogP contribution in [0.2, 0.25) is 0 Å². The van der Waals surface area contributed by atoms with Gasteiger partial charge in [-0.2, -0.15) is 12.6 Å². The minimum Gasteiger partial charge on any atom is -0.481 e. The summed E-state index contributed by atoms with van der Waals surface area (Å²) >= 11 is 3.75. The van der Waals surface area contributed by atoms with Crippen molar-refractivity contribution in [1.29, 1.82) is 0 Å². The molecule has 0 unspecified atom stereocenters. The van der Waals surface area contributed by atoms with Crippen molar-refractivity contribution in [2.45, 2.75) is 24.9 Å². The molecule has 0 aromatic rings. The van der Waals surface area contributed by atoms with Gasteiger partial charge in [-0.15, -0.1) is 0 Å². The van der Waals surface area contributed by atoms with Gasteiger partial charge in [0.05, 0.1) is 6.04 Å². The van der Waals surface area contributed by atoms with Gasteiger partial charge >= 0.3 is 11.9 Å². The van der Waals surface area contributed by atoms with Gasteiger partial charge in [-0.25, -0.2) is 4.79 Å². The summed E-state index contributed by atoms with van der Waals surface area (Å²) in [5, 5.41) is 19.1. The topological polar surface area (TPSA) is 130 Å². The van der Waals surface area contributed by atoms with Crippen LogP contribution in [0.4, 0.5) is 0 Å². The zero-order valence-electron chi connectivity index (χ0n) is 8.42. The number of thiol groups is 1. The number of hydrogen-bond donors (Lipinski definition) is 5. The fourth-order valence-electron chi connectivity index (χ4n) is 0.874. The van der Waals surface area contributed by atoms with Gasteiger partial charge in [-0.1, -0.05) is 0 Å². The van der Waals surface area contributed by atoms with E-state index in [1.165, 1.54) is 0 Å². The molecule has 0 saturated heterocycles. The lowest BCUT2D eigenvalue weighted by Gasteiger charge is -2.15. The molecule has 2 atom stereocenters. The lowest BCUT2D eigenvalue weighted by Crippen LogP contribution is -2.49. The molecule has 0 aliphatic carbocycles. The molecule has 0 aliphatic heterocycles. The zero-order chi connectivity index (χ0) is 12.7. The minimum atomic E-state index is -1.21. The predicted molar refractivity (Wildman–Crippen MR) is 58.3 cm³/mol. The number of nitrogens with two attached hydrogens (primary N) is 1. The molecule has 0 rings (SSSR count). The molecule has 0 heterocycles. The van der Waals surface area contributed by atoms with Crippen LogP contribution in [0.15, 0.2) is 0 Å². The Morgan fingerprint density at radius 3 is 2.25 bits per heavy atom. The first-order valence-corrected chi connectivity index (χ1v) is 5.13. The third kappa shape index (κ3) is 5.56. The molecule has 8 heteroatoms. The van der Waals surface area contributed by atoms with Crippen LogP contribution in [0.1, 0.15) is 12.8 Å². The lowest BCUT2D eigenvalue weighted by molar-refractivity contribution is -0.141. The van der Waals surface area contributed by atoms with Crippen molar-refractivity contribution in [3.05, 3.63) is 0 Å². The second kappa shape index (κ2) is 7.07. The molecule has 1 amide bonds. The molecule has 0 radical (unpaired) electrons. The Morgan fingerprint density at radius 2 is 1.88 bits per heavy atom. The Hall–Kier alpha value is -1.28. The summed E-state index contributed by atoms with van der Waals surface area (Å²) in [6.07, 6.45) is -0.284. The summed E-state index contributed by atoms with van der Waals surface area (Å²) in [6, 6.07) is -2.15. The number of rotatable bonds is 7. The van der Waals surface area contributed by atoms with E-state index in [0.29, 0.717) is 0 Å². The van der Waals surface area contributed by atoms with Crippen molar-refractivity contribution in [3.8, 4) is 0 Å². The summed E-state index contributed by atoms with van der Waals surface area (Å²) in [5.74, 6) is -3.03. The highest BCUT2D eigenvalue weighted by atomic mass is 32.1. The van der Waals surface area contributed by atoms with E-state index in [1.807, 2.05) is 0 Å². The number of carboxylic acids is 2.